The molecule has 3 aromatic heterocycles. The van der Waals surface area contributed by atoms with Crippen LogP contribution >= 0.6 is 0 Å². The molecular weight excluding hydrogens is 947 g/mol. The fourth-order valence-electron chi connectivity index (χ4n) is 9.70. The number of anilines is 2. The molecule has 0 spiro atoms. The van der Waals surface area contributed by atoms with Crippen LogP contribution in [-0.2, 0) is 20.4 Å². The van der Waals surface area contributed by atoms with E-state index in [1.807, 2.05) is 73.7 Å². The zero-order valence-corrected chi connectivity index (χ0v) is 38.4. The number of benzene rings is 6. The Morgan fingerprint density at radius 1 is 0.548 bits per heavy atom. The Kier molecular flexibility index (Phi) is 10.2. The van der Waals surface area contributed by atoms with E-state index < -0.39 is 29.4 Å². The van der Waals surface area contributed by atoms with Crippen LogP contribution in [0, 0.1) is 6.92 Å². The van der Waals surface area contributed by atoms with Crippen LogP contribution in [0.5, 0.6) is 23.0 Å². The third-order valence-electron chi connectivity index (χ3n) is 13.7. The number of halogens is 4. The lowest BCUT2D eigenvalue weighted by molar-refractivity contribution is -0.287. The number of carbonyl (C=O) groups excluding carboxylic acids is 2. The number of aromatic amines is 1. The monoisotopic (exact) mass is 993 g/mol. The number of nitrogens with one attached hydrogen (secondary N) is 3. The number of fused-ring (bicyclic) bond motifs is 5. The molecule has 6 aromatic carbocycles. The molecule has 17 heteroatoms. The molecule has 0 radical (unpaired) electrons. The lowest BCUT2D eigenvalue weighted by Gasteiger charge is -2.17. The number of amides is 2. The van der Waals surface area contributed by atoms with Crippen LogP contribution in [0.3, 0.4) is 0 Å². The molecule has 5 heterocycles. The number of rotatable bonds is 9. The van der Waals surface area contributed by atoms with Gasteiger partial charge in [-0.15, -0.1) is 17.6 Å². The Labute approximate surface area is 417 Å². The fraction of sp³-hybridized carbons (Fsp3) is 0.161. The van der Waals surface area contributed by atoms with Gasteiger partial charge < -0.3 is 39.7 Å². The number of aromatic carboxylic acids is 1. The minimum absolute atomic E-state index is 0. The Bertz CT molecular complexity index is 3820. The fourth-order valence-corrected chi connectivity index (χ4v) is 9.70. The van der Waals surface area contributed by atoms with Gasteiger partial charge in [-0.3, -0.25) is 9.59 Å². The van der Waals surface area contributed by atoms with Gasteiger partial charge in [0.05, 0.1) is 27.8 Å². The second-order valence-corrected chi connectivity index (χ2v) is 18.5. The van der Waals surface area contributed by atoms with Crippen molar-refractivity contribution in [1.29, 1.82) is 0 Å². The molecule has 0 atom stereocenters. The van der Waals surface area contributed by atoms with Crippen molar-refractivity contribution >= 4 is 61.9 Å². The summed E-state index contributed by atoms with van der Waals surface area (Å²) in [5, 5.41) is 19.9. The van der Waals surface area contributed by atoms with E-state index in [1.165, 1.54) is 36.4 Å². The number of aromatic nitrogens is 3. The largest absolute Gasteiger partial charge is 0.586 e. The van der Waals surface area contributed by atoms with E-state index >= 15 is 0 Å². The van der Waals surface area contributed by atoms with Crippen LogP contribution in [0.4, 0.5) is 29.2 Å². The Balaban J connectivity index is 0.000000194. The quantitative estimate of drug-likeness (QED) is 0.102. The lowest BCUT2D eigenvalue weighted by Crippen LogP contribution is -2.28. The highest BCUT2D eigenvalue weighted by Gasteiger charge is 2.54. The summed E-state index contributed by atoms with van der Waals surface area (Å²) in [7, 11) is 0. The molecule has 2 saturated carbocycles. The van der Waals surface area contributed by atoms with E-state index in [1.54, 1.807) is 30.3 Å². The standard InChI is InChI=1S/C29H21F2N3O3.C27H18F2N2O5.4H2/c1-16-12-19-13-18(6-8-22(19)32-16)26-21-5-3-2-4-17(21)14-25(33-26)34-27(35)28(10-11-28)20-7-9-23-24(15-20)37-29(30,31)36-23;28-27(29)35-20-9-8-18(14-21(20)36-27)26(10-11-26)25(34)31-22-13-15-4-1-2-7-19(15)23(30-22)16-5-3-6-17(12-16)24(32)33;;;;/h2-9,12-15,32H,10-11H2,1H3,(H,33,34,35);1-9,12-14H,10-11H2,(H,32,33)(H,30,31,34);4*1H. The minimum atomic E-state index is -3.73. The van der Waals surface area contributed by atoms with Gasteiger partial charge >= 0.3 is 18.6 Å². The van der Waals surface area contributed by atoms with Crippen LogP contribution in [0.15, 0.2) is 146 Å². The number of pyridine rings is 2. The second kappa shape index (κ2) is 16.5. The SMILES string of the molecule is Cc1cc2cc(-c3nc(NC(=O)C4(c5ccc6c(c5)OC(F)(F)O6)CC4)cc4ccccc34)ccc2[nH]1.O=C(O)c1cccc(-c2nc(NC(=O)C3(c4ccc5c(c4)OC(F)(F)O5)CC3)cc3ccccc23)c1.[HH].[HH].[HH].[HH]. The third-order valence-corrected chi connectivity index (χ3v) is 13.7. The number of alkyl halides is 4. The normalized spacial score (nSPS) is 16.6. The second-order valence-electron chi connectivity index (χ2n) is 18.5. The molecule has 13 rings (SSSR count). The molecule has 0 unspecified atom stereocenters. The molecule has 2 amide bonds. The van der Waals surface area contributed by atoms with Crippen molar-refractivity contribution in [2.24, 2.45) is 0 Å². The number of nitrogens with zero attached hydrogens (tertiary/aromatic N) is 2. The highest BCUT2D eigenvalue weighted by Crippen LogP contribution is 2.54. The predicted molar refractivity (Wildman–Crippen MR) is 271 cm³/mol. The maximum Gasteiger partial charge on any atom is 0.586 e. The molecule has 73 heavy (non-hydrogen) atoms. The number of carbonyl (C=O) groups is 3. The van der Waals surface area contributed by atoms with Crippen molar-refractivity contribution in [2.75, 3.05) is 10.6 Å². The van der Waals surface area contributed by atoms with Crippen molar-refractivity contribution in [1.82, 2.24) is 15.0 Å². The van der Waals surface area contributed by atoms with Crippen molar-refractivity contribution < 1.29 is 61.7 Å². The number of H-pyrrole nitrogens is 1. The molecule has 9 aromatic rings. The molecule has 2 fully saturated rings. The lowest BCUT2D eigenvalue weighted by atomic mass is 9.94. The summed E-state index contributed by atoms with van der Waals surface area (Å²) < 4.78 is 71.9. The summed E-state index contributed by atoms with van der Waals surface area (Å²) in [6.07, 6.45) is -5.17. The van der Waals surface area contributed by atoms with Gasteiger partial charge in [-0.25, -0.2) is 14.8 Å². The summed E-state index contributed by atoms with van der Waals surface area (Å²) in [6.45, 7) is 2.02. The maximum atomic E-state index is 13.5. The third kappa shape index (κ3) is 8.31. The number of hydrogen-bond donors (Lipinski definition) is 4. The first-order valence-corrected chi connectivity index (χ1v) is 23.2. The van der Waals surface area contributed by atoms with Crippen LogP contribution in [0.25, 0.3) is 55.0 Å². The van der Waals surface area contributed by atoms with Crippen molar-refractivity contribution in [3.63, 3.8) is 0 Å². The predicted octanol–water partition coefficient (Wildman–Crippen LogP) is 13.3. The minimum Gasteiger partial charge on any atom is -0.478 e. The van der Waals surface area contributed by atoms with E-state index in [9.17, 15) is 37.1 Å². The molecule has 0 bridgehead atoms. The van der Waals surface area contributed by atoms with E-state index in [0.29, 0.717) is 59.7 Å². The average Bonchev–Trinajstić information content (AvgIpc) is 4.27. The summed E-state index contributed by atoms with van der Waals surface area (Å²) in [6, 6.07) is 42.5. The van der Waals surface area contributed by atoms with Gasteiger partial charge in [0, 0.05) is 44.2 Å². The Hall–Kier alpha value is -8.99. The summed E-state index contributed by atoms with van der Waals surface area (Å²) >= 11 is 0. The van der Waals surface area contributed by atoms with Gasteiger partial charge in [0.1, 0.15) is 11.6 Å². The number of carboxylic acid groups (broad SMARTS) is 1. The van der Waals surface area contributed by atoms with Crippen LogP contribution in [0.1, 0.15) is 58.6 Å². The molecule has 13 nitrogen and oxygen atoms in total. The van der Waals surface area contributed by atoms with Crippen molar-refractivity contribution in [2.45, 2.75) is 56.0 Å². The molecule has 0 saturated heterocycles. The highest BCUT2D eigenvalue weighted by molar-refractivity contribution is 6.06. The average molecular weight is 994 g/mol. The van der Waals surface area contributed by atoms with Crippen LogP contribution in [0.2, 0.25) is 0 Å². The molecule has 2 aliphatic heterocycles. The van der Waals surface area contributed by atoms with Crippen LogP contribution < -0.4 is 29.6 Å². The topological polar surface area (TPSA) is 174 Å². The first kappa shape index (κ1) is 45.2. The highest BCUT2D eigenvalue weighted by atomic mass is 19.3. The number of carboxylic acids is 1. The Morgan fingerprint density at radius 3 is 1.55 bits per heavy atom. The van der Waals surface area contributed by atoms with Gasteiger partial charge in [0.15, 0.2) is 23.0 Å². The first-order valence-electron chi connectivity index (χ1n) is 23.2. The summed E-state index contributed by atoms with van der Waals surface area (Å²) in [4.78, 5) is 51.2. The summed E-state index contributed by atoms with van der Waals surface area (Å²) in [5.74, 6) is -1.17. The van der Waals surface area contributed by atoms with Crippen molar-refractivity contribution in [3.8, 4) is 45.5 Å². The van der Waals surface area contributed by atoms with Gasteiger partial charge in [0.2, 0.25) is 11.8 Å². The molecule has 4 N–H and O–H groups in total. The van der Waals surface area contributed by atoms with E-state index in [2.05, 4.69) is 51.7 Å². The number of hydrogen-bond acceptors (Lipinski definition) is 9. The first-order chi connectivity index (χ1) is 35.0. The maximum absolute atomic E-state index is 13.5. The summed E-state index contributed by atoms with van der Waals surface area (Å²) in [5.41, 5.74) is 4.52. The van der Waals surface area contributed by atoms with E-state index in [0.717, 1.165) is 49.4 Å². The van der Waals surface area contributed by atoms with Crippen LogP contribution in [-0.4, -0.2) is 50.4 Å². The molecule has 4 aliphatic rings. The van der Waals surface area contributed by atoms with Gasteiger partial charge in [-0.05, 0) is 121 Å². The van der Waals surface area contributed by atoms with Gasteiger partial charge in [-0.1, -0.05) is 78.9 Å². The van der Waals surface area contributed by atoms with Crippen molar-refractivity contribution in [3.05, 3.63) is 168 Å². The van der Waals surface area contributed by atoms with Gasteiger partial charge in [-0.2, -0.15) is 0 Å². The smallest absolute Gasteiger partial charge is 0.478 e. The molecule has 2 aliphatic carbocycles. The zero-order chi connectivity index (χ0) is 50.4. The number of aryl methyl sites for hydroxylation is 1. The van der Waals surface area contributed by atoms with Gasteiger partial charge in [0.25, 0.3) is 0 Å². The Morgan fingerprint density at radius 2 is 1.04 bits per heavy atom. The molecular formula is C56H47F4N5O8. The number of ether oxygens (including phenoxy) is 4. The van der Waals surface area contributed by atoms with E-state index in [-0.39, 0.29) is 46.1 Å². The molecule has 372 valence electrons. The van der Waals surface area contributed by atoms with E-state index in [4.69, 9.17) is 4.98 Å². The zero-order valence-electron chi connectivity index (χ0n) is 38.4.